The van der Waals surface area contributed by atoms with Gasteiger partial charge in [0.2, 0.25) is 5.91 Å². The van der Waals surface area contributed by atoms with Crippen LogP contribution in [0.15, 0.2) is 48.9 Å². The van der Waals surface area contributed by atoms with Gasteiger partial charge in [-0.2, -0.15) is 0 Å². The second kappa shape index (κ2) is 6.44. The van der Waals surface area contributed by atoms with Crippen LogP contribution < -0.4 is 10.6 Å². The molecule has 2 fully saturated rings. The standard InChI is InChI=1S/C20H21N5O2/c26-17(10-15-12-22-20(6-7-20)13-27-15)24-19-18(14-4-3-8-21-11-14)23-16-5-1-2-9-25(16)19/h1-5,8-9,11,15,22H,6-7,10,12-13H2,(H,24,26). The third-order valence-electron chi connectivity index (χ3n) is 5.29. The van der Waals surface area contributed by atoms with Crippen LogP contribution in [0, 0.1) is 0 Å². The first-order chi connectivity index (χ1) is 13.2. The van der Waals surface area contributed by atoms with Gasteiger partial charge >= 0.3 is 0 Å². The van der Waals surface area contributed by atoms with Crippen molar-refractivity contribution in [2.24, 2.45) is 0 Å². The van der Waals surface area contributed by atoms with E-state index >= 15 is 0 Å². The summed E-state index contributed by atoms with van der Waals surface area (Å²) in [5.41, 5.74) is 2.55. The number of ether oxygens (including phenoxy) is 1. The maximum absolute atomic E-state index is 12.7. The van der Waals surface area contributed by atoms with Crippen molar-refractivity contribution < 1.29 is 9.53 Å². The molecule has 2 N–H and O–H groups in total. The minimum atomic E-state index is -0.0998. The molecule has 3 aromatic rings. The largest absolute Gasteiger partial charge is 0.374 e. The molecule has 1 atom stereocenters. The highest BCUT2D eigenvalue weighted by molar-refractivity contribution is 5.94. The number of fused-ring (bicyclic) bond motifs is 1. The van der Waals surface area contributed by atoms with E-state index < -0.39 is 0 Å². The lowest BCUT2D eigenvalue weighted by Crippen LogP contribution is -2.49. The molecule has 1 unspecified atom stereocenters. The lowest BCUT2D eigenvalue weighted by atomic mass is 10.1. The Hall–Kier alpha value is -2.77. The Balaban J connectivity index is 1.38. The first-order valence-electron chi connectivity index (χ1n) is 9.26. The van der Waals surface area contributed by atoms with Crippen molar-refractivity contribution in [2.45, 2.75) is 30.9 Å². The SMILES string of the molecule is O=C(CC1CNC2(CC2)CO1)Nc1c(-c2cccnc2)nc2ccccn12. The second-order valence-corrected chi connectivity index (χ2v) is 7.33. The zero-order valence-corrected chi connectivity index (χ0v) is 14.9. The van der Waals surface area contributed by atoms with Crippen LogP contribution in [0.3, 0.4) is 0 Å². The quantitative estimate of drug-likeness (QED) is 0.743. The number of anilines is 1. The molecule has 0 aromatic carbocycles. The number of imidazole rings is 1. The topological polar surface area (TPSA) is 80.5 Å². The van der Waals surface area contributed by atoms with Crippen LogP contribution in [0.5, 0.6) is 0 Å². The first kappa shape index (κ1) is 16.4. The van der Waals surface area contributed by atoms with Gasteiger partial charge in [0.15, 0.2) is 0 Å². The number of aromatic nitrogens is 3. The van der Waals surface area contributed by atoms with E-state index in [1.165, 1.54) is 12.8 Å². The van der Waals surface area contributed by atoms with E-state index in [-0.39, 0.29) is 17.6 Å². The molecule has 138 valence electrons. The number of morpholine rings is 1. The van der Waals surface area contributed by atoms with Crippen LogP contribution in [0.25, 0.3) is 16.9 Å². The van der Waals surface area contributed by atoms with E-state index in [4.69, 9.17) is 4.74 Å². The summed E-state index contributed by atoms with van der Waals surface area (Å²) in [6.07, 6.45) is 7.92. The van der Waals surface area contributed by atoms with Crippen molar-refractivity contribution in [1.29, 1.82) is 0 Å². The third-order valence-corrected chi connectivity index (χ3v) is 5.29. The number of hydrogen-bond acceptors (Lipinski definition) is 5. The summed E-state index contributed by atoms with van der Waals surface area (Å²) in [5.74, 6) is 0.579. The highest BCUT2D eigenvalue weighted by atomic mass is 16.5. The van der Waals surface area contributed by atoms with Crippen molar-refractivity contribution in [2.75, 3.05) is 18.5 Å². The number of pyridine rings is 2. The molecule has 5 rings (SSSR count). The Morgan fingerprint density at radius 2 is 2.26 bits per heavy atom. The number of nitrogens with zero attached hydrogens (tertiary/aromatic N) is 3. The lowest BCUT2D eigenvalue weighted by molar-refractivity contribution is -0.120. The highest BCUT2D eigenvalue weighted by Gasteiger charge is 2.46. The fourth-order valence-corrected chi connectivity index (χ4v) is 3.53. The minimum Gasteiger partial charge on any atom is -0.374 e. The molecule has 0 radical (unpaired) electrons. The van der Waals surface area contributed by atoms with E-state index in [1.54, 1.807) is 12.4 Å². The van der Waals surface area contributed by atoms with Gasteiger partial charge < -0.3 is 15.4 Å². The van der Waals surface area contributed by atoms with Crippen LogP contribution in [0.4, 0.5) is 5.82 Å². The summed E-state index contributed by atoms with van der Waals surface area (Å²) in [6, 6.07) is 9.56. The monoisotopic (exact) mass is 363 g/mol. The molecule has 1 aliphatic heterocycles. The Morgan fingerprint density at radius 1 is 1.33 bits per heavy atom. The highest BCUT2D eigenvalue weighted by Crippen LogP contribution is 2.38. The molecule has 4 heterocycles. The van der Waals surface area contributed by atoms with E-state index in [9.17, 15) is 4.79 Å². The smallest absolute Gasteiger partial charge is 0.228 e. The van der Waals surface area contributed by atoms with Gasteiger partial charge in [-0.1, -0.05) is 6.07 Å². The molecule has 1 spiro atoms. The predicted octanol–water partition coefficient (Wildman–Crippen LogP) is 2.25. The molecule has 3 aromatic heterocycles. The molecule has 27 heavy (non-hydrogen) atoms. The van der Waals surface area contributed by atoms with Gasteiger partial charge in [-0.15, -0.1) is 0 Å². The first-order valence-corrected chi connectivity index (χ1v) is 9.26. The fourth-order valence-electron chi connectivity index (χ4n) is 3.53. The van der Waals surface area contributed by atoms with Crippen LogP contribution in [-0.4, -0.2) is 45.1 Å². The molecule has 0 bridgehead atoms. The van der Waals surface area contributed by atoms with Crippen LogP contribution >= 0.6 is 0 Å². The number of carbonyl (C=O) groups is 1. The van der Waals surface area contributed by atoms with Crippen molar-refractivity contribution in [3.63, 3.8) is 0 Å². The molecule has 1 aliphatic carbocycles. The van der Waals surface area contributed by atoms with Gasteiger partial charge in [-0.05, 0) is 37.1 Å². The van der Waals surface area contributed by atoms with Gasteiger partial charge in [0.25, 0.3) is 0 Å². The number of nitrogens with one attached hydrogen (secondary N) is 2. The number of amides is 1. The maximum Gasteiger partial charge on any atom is 0.228 e. The van der Waals surface area contributed by atoms with Gasteiger partial charge in [0.05, 0.1) is 19.1 Å². The Kier molecular flexibility index (Phi) is 3.91. The summed E-state index contributed by atoms with van der Waals surface area (Å²) < 4.78 is 7.78. The van der Waals surface area contributed by atoms with Crippen LogP contribution in [0.2, 0.25) is 0 Å². The summed E-state index contributed by atoms with van der Waals surface area (Å²) in [6.45, 7) is 1.41. The summed E-state index contributed by atoms with van der Waals surface area (Å²) in [5, 5.41) is 6.56. The molecule has 7 nitrogen and oxygen atoms in total. The predicted molar refractivity (Wildman–Crippen MR) is 101 cm³/mol. The van der Waals surface area contributed by atoms with E-state index in [1.807, 2.05) is 40.9 Å². The number of rotatable bonds is 4. The lowest BCUT2D eigenvalue weighted by Gasteiger charge is -2.30. The Bertz CT molecular complexity index is 970. The number of hydrogen-bond donors (Lipinski definition) is 2. The molecular weight excluding hydrogens is 342 g/mol. The van der Waals surface area contributed by atoms with Gasteiger partial charge in [0.1, 0.15) is 17.2 Å². The van der Waals surface area contributed by atoms with E-state index in [0.717, 1.165) is 17.8 Å². The third kappa shape index (κ3) is 3.20. The summed E-state index contributed by atoms with van der Waals surface area (Å²) in [7, 11) is 0. The van der Waals surface area contributed by atoms with Gasteiger partial charge in [-0.25, -0.2) is 4.98 Å². The maximum atomic E-state index is 12.7. The number of carbonyl (C=O) groups excluding carboxylic acids is 1. The van der Waals surface area contributed by atoms with Crippen molar-refractivity contribution in [3.05, 3.63) is 48.9 Å². The minimum absolute atomic E-state index is 0.0793. The zero-order chi connectivity index (χ0) is 18.3. The fraction of sp³-hybridized carbons (Fsp3) is 0.350. The molecule has 2 aliphatic rings. The normalized spacial score (nSPS) is 20.7. The average Bonchev–Trinajstić information content (AvgIpc) is 3.37. The average molecular weight is 363 g/mol. The van der Waals surface area contributed by atoms with Crippen LogP contribution in [0.1, 0.15) is 19.3 Å². The summed E-state index contributed by atoms with van der Waals surface area (Å²) in [4.78, 5) is 21.6. The van der Waals surface area contributed by atoms with Gasteiger partial charge in [-0.3, -0.25) is 14.2 Å². The second-order valence-electron chi connectivity index (χ2n) is 7.33. The molecule has 1 saturated heterocycles. The van der Waals surface area contributed by atoms with Crippen molar-refractivity contribution >= 4 is 17.4 Å². The molecule has 7 heteroatoms. The van der Waals surface area contributed by atoms with Gasteiger partial charge in [0, 0.05) is 36.2 Å². The van der Waals surface area contributed by atoms with E-state index in [0.29, 0.717) is 24.5 Å². The van der Waals surface area contributed by atoms with Crippen molar-refractivity contribution in [1.82, 2.24) is 19.7 Å². The molecular formula is C20H21N5O2. The Labute approximate surface area is 156 Å². The summed E-state index contributed by atoms with van der Waals surface area (Å²) >= 11 is 0. The zero-order valence-electron chi connectivity index (χ0n) is 14.9. The van der Waals surface area contributed by atoms with E-state index in [2.05, 4.69) is 20.6 Å². The molecule has 1 amide bonds. The Morgan fingerprint density at radius 3 is 3.00 bits per heavy atom. The van der Waals surface area contributed by atoms with Crippen LogP contribution in [-0.2, 0) is 9.53 Å². The van der Waals surface area contributed by atoms with Crippen molar-refractivity contribution in [3.8, 4) is 11.3 Å². The molecule has 1 saturated carbocycles.